The summed E-state index contributed by atoms with van der Waals surface area (Å²) < 4.78 is 5.41. The molecule has 0 spiro atoms. The summed E-state index contributed by atoms with van der Waals surface area (Å²) in [6.45, 7) is 11.8. The molecule has 0 bridgehead atoms. The summed E-state index contributed by atoms with van der Waals surface area (Å²) in [5, 5.41) is 32.5. The van der Waals surface area contributed by atoms with Crippen molar-refractivity contribution in [3.8, 4) is 0 Å². The molecule has 4 aliphatic rings. The van der Waals surface area contributed by atoms with Crippen molar-refractivity contribution >= 4 is 24.0 Å². The zero-order chi connectivity index (χ0) is 27.0. The van der Waals surface area contributed by atoms with Crippen molar-refractivity contribution in [3.05, 3.63) is 11.1 Å². The van der Waals surface area contributed by atoms with Crippen molar-refractivity contribution in [2.24, 2.45) is 39.4 Å². The zero-order valence-electron chi connectivity index (χ0n) is 22.2. The number of carbonyl (C=O) groups excluding carboxylic acids is 3. The molecule has 2 fully saturated rings. The first-order valence-corrected chi connectivity index (χ1v) is 13.1. The predicted molar refractivity (Wildman–Crippen MR) is 130 cm³/mol. The summed E-state index contributed by atoms with van der Waals surface area (Å²) in [6, 6.07) is 0. The monoisotopic (exact) mass is 504 g/mol. The number of Topliss-reactive ketones (excluding diaryl/α,β-unsaturated/α-hetero) is 2. The summed E-state index contributed by atoms with van der Waals surface area (Å²) in [5.41, 5.74) is -2.81. The smallest absolute Gasteiger partial charge is 0.303 e. The third kappa shape index (κ3) is 3.25. The standard InChI is InChI=1S/C28H40O8/c1-14(7-8-20(32)33)15-11-18(31)28(6)21-16(30)12-17-25(2,3)19(36-13-29)9-10-26(17,4)22(21)23(34)24(35)27(15,28)5/h13-17,19,24,30,35H,7-12H2,1-6H3,(H,32,33). The number of carboxylic acid groups (broad SMARTS) is 1. The van der Waals surface area contributed by atoms with Crippen molar-refractivity contribution in [1.82, 2.24) is 0 Å². The first kappa shape index (κ1) is 27.0. The number of aliphatic hydroxyl groups excluding tert-OH is 2. The van der Waals surface area contributed by atoms with E-state index in [1.165, 1.54) is 0 Å². The quantitative estimate of drug-likeness (QED) is 0.469. The summed E-state index contributed by atoms with van der Waals surface area (Å²) in [7, 11) is 0. The van der Waals surface area contributed by atoms with Gasteiger partial charge < -0.3 is 20.1 Å². The highest BCUT2D eigenvalue weighted by Gasteiger charge is 2.73. The Balaban J connectivity index is 1.87. The van der Waals surface area contributed by atoms with Crippen LogP contribution in [-0.2, 0) is 23.9 Å². The van der Waals surface area contributed by atoms with E-state index in [9.17, 15) is 34.5 Å². The Hall–Kier alpha value is -2.06. The van der Waals surface area contributed by atoms with E-state index in [1.54, 1.807) is 13.8 Å². The number of ether oxygens (including phenoxy) is 1. The van der Waals surface area contributed by atoms with Crippen LogP contribution in [0.5, 0.6) is 0 Å². The molecule has 8 nitrogen and oxygen atoms in total. The lowest BCUT2D eigenvalue weighted by molar-refractivity contribution is -0.167. The van der Waals surface area contributed by atoms with Gasteiger partial charge in [0.1, 0.15) is 18.0 Å². The molecular formula is C28H40O8. The number of rotatable bonds is 6. The van der Waals surface area contributed by atoms with Crippen molar-refractivity contribution in [2.75, 3.05) is 0 Å². The lowest BCUT2D eigenvalue weighted by Crippen LogP contribution is -2.65. The van der Waals surface area contributed by atoms with Crippen LogP contribution in [0.2, 0.25) is 0 Å². The summed E-state index contributed by atoms with van der Waals surface area (Å²) in [5.74, 6) is -2.29. The molecule has 200 valence electrons. The first-order valence-electron chi connectivity index (χ1n) is 13.1. The molecule has 4 aliphatic carbocycles. The second-order valence-electron chi connectivity index (χ2n) is 12.9. The number of aliphatic carboxylic acids is 1. The van der Waals surface area contributed by atoms with Crippen LogP contribution in [0.25, 0.3) is 0 Å². The molecule has 0 heterocycles. The number of hydrogen-bond donors (Lipinski definition) is 3. The molecule has 36 heavy (non-hydrogen) atoms. The molecule has 0 aromatic heterocycles. The van der Waals surface area contributed by atoms with Crippen LogP contribution >= 0.6 is 0 Å². The number of carbonyl (C=O) groups is 4. The molecule has 0 aliphatic heterocycles. The summed E-state index contributed by atoms with van der Waals surface area (Å²) >= 11 is 0. The van der Waals surface area contributed by atoms with Crippen molar-refractivity contribution < 1.29 is 39.2 Å². The van der Waals surface area contributed by atoms with Gasteiger partial charge in [-0.15, -0.1) is 0 Å². The van der Waals surface area contributed by atoms with Crippen molar-refractivity contribution in [3.63, 3.8) is 0 Å². The fourth-order valence-corrected chi connectivity index (χ4v) is 8.97. The molecule has 0 aromatic carbocycles. The highest BCUT2D eigenvalue weighted by atomic mass is 16.5. The van der Waals surface area contributed by atoms with E-state index in [0.29, 0.717) is 43.3 Å². The van der Waals surface area contributed by atoms with Gasteiger partial charge in [-0.1, -0.05) is 34.6 Å². The van der Waals surface area contributed by atoms with E-state index < -0.39 is 51.5 Å². The van der Waals surface area contributed by atoms with Gasteiger partial charge in [-0.3, -0.25) is 19.2 Å². The lowest BCUT2D eigenvalue weighted by Gasteiger charge is -2.62. The molecule has 0 radical (unpaired) electrons. The van der Waals surface area contributed by atoms with Gasteiger partial charge in [-0.2, -0.15) is 0 Å². The highest BCUT2D eigenvalue weighted by Crippen LogP contribution is 2.70. The SMILES string of the molecule is CC(CCC(=O)O)C1CC(=O)C2(C)C3=C(C(=O)C(O)C12C)C1(C)CCC(OC=O)C(C)(C)C1CC3O. The van der Waals surface area contributed by atoms with E-state index >= 15 is 0 Å². The van der Waals surface area contributed by atoms with Gasteiger partial charge in [0.2, 0.25) is 0 Å². The third-order valence-corrected chi connectivity index (χ3v) is 11.2. The molecule has 9 unspecified atom stereocenters. The van der Waals surface area contributed by atoms with Crippen LogP contribution in [0.1, 0.15) is 80.1 Å². The fraction of sp³-hybridized carbons (Fsp3) is 0.786. The number of hydrogen-bond acceptors (Lipinski definition) is 7. The van der Waals surface area contributed by atoms with Crippen LogP contribution < -0.4 is 0 Å². The van der Waals surface area contributed by atoms with E-state index in [1.807, 2.05) is 27.7 Å². The fourth-order valence-electron chi connectivity index (χ4n) is 8.97. The maximum Gasteiger partial charge on any atom is 0.303 e. The van der Waals surface area contributed by atoms with Crippen LogP contribution in [-0.4, -0.2) is 57.6 Å². The lowest BCUT2D eigenvalue weighted by atomic mass is 9.42. The minimum atomic E-state index is -1.44. The van der Waals surface area contributed by atoms with Crippen LogP contribution in [0.3, 0.4) is 0 Å². The highest BCUT2D eigenvalue weighted by molar-refractivity contribution is 6.07. The van der Waals surface area contributed by atoms with Crippen molar-refractivity contribution in [1.29, 1.82) is 0 Å². The second-order valence-corrected chi connectivity index (χ2v) is 12.9. The number of carboxylic acids is 1. The Morgan fingerprint density at radius 2 is 1.81 bits per heavy atom. The average Bonchev–Trinajstić information content (AvgIpc) is 3.01. The maximum atomic E-state index is 14.1. The molecule has 0 aromatic rings. The van der Waals surface area contributed by atoms with E-state index in [2.05, 4.69) is 0 Å². The van der Waals surface area contributed by atoms with Crippen LogP contribution in [0.15, 0.2) is 11.1 Å². The Morgan fingerprint density at radius 1 is 1.17 bits per heavy atom. The molecule has 2 saturated carbocycles. The number of aliphatic hydroxyl groups is 2. The topological polar surface area (TPSA) is 138 Å². The predicted octanol–water partition coefficient (Wildman–Crippen LogP) is 3.08. The van der Waals surface area contributed by atoms with E-state index in [4.69, 9.17) is 4.74 Å². The minimum Gasteiger partial charge on any atom is -0.481 e. The third-order valence-electron chi connectivity index (χ3n) is 11.2. The van der Waals surface area contributed by atoms with Gasteiger partial charge in [-0.25, -0.2) is 0 Å². The van der Waals surface area contributed by atoms with Crippen molar-refractivity contribution in [2.45, 2.75) is 98.4 Å². The minimum absolute atomic E-state index is 0.0574. The molecule has 8 heteroatoms. The zero-order valence-corrected chi connectivity index (χ0v) is 22.2. The summed E-state index contributed by atoms with van der Waals surface area (Å²) in [4.78, 5) is 50.3. The van der Waals surface area contributed by atoms with Crippen LogP contribution in [0.4, 0.5) is 0 Å². The maximum absolute atomic E-state index is 14.1. The Kier molecular flexibility index (Phi) is 6.36. The van der Waals surface area contributed by atoms with Gasteiger partial charge in [-0.05, 0) is 61.3 Å². The van der Waals surface area contributed by atoms with Gasteiger partial charge >= 0.3 is 5.97 Å². The Morgan fingerprint density at radius 3 is 2.39 bits per heavy atom. The molecular weight excluding hydrogens is 464 g/mol. The Bertz CT molecular complexity index is 1030. The van der Waals surface area contributed by atoms with E-state index in [-0.39, 0.29) is 36.6 Å². The normalized spacial score (nSPS) is 44.4. The van der Waals surface area contributed by atoms with Gasteiger partial charge in [0, 0.05) is 29.2 Å². The van der Waals surface area contributed by atoms with E-state index in [0.717, 1.165) is 0 Å². The largest absolute Gasteiger partial charge is 0.481 e. The second kappa shape index (κ2) is 8.48. The Labute approximate surface area is 212 Å². The molecule has 9 atom stereocenters. The molecule has 0 amide bonds. The van der Waals surface area contributed by atoms with Crippen LogP contribution in [0, 0.1) is 39.4 Å². The van der Waals surface area contributed by atoms with Gasteiger partial charge in [0.25, 0.3) is 6.47 Å². The molecule has 3 N–H and O–H groups in total. The number of ketones is 2. The number of fused-ring (bicyclic) bond motifs is 4. The van der Waals surface area contributed by atoms with Gasteiger partial charge in [0.05, 0.1) is 11.5 Å². The van der Waals surface area contributed by atoms with Gasteiger partial charge in [0.15, 0.2) is 5.78 Å². The molecule has 4 rings (SSSR count). The summed E-state index contributed by atoms with van der Waals surface area (Å²) in [6.07, 6.45) is -1.07. The first-order chi connectivity index (χ1) is 16.6. The average molecular weight is 505 g/mol. The molecule has 0 saturated heterocycles.